The maximum Gasteiger partial charge on any atom is 0.311 e. The topological polar surface area (TPSA) is 29.5 Å². The summed E-state index contributed by atoms with van der Waals surface area (Å²) in [5.41, 5.74) is 2.63. The molecule has 1 aromatic carbocycles. The quantitative estimate of drug-likeness (QED) is 0.114. The lowest BCUT2D eigenvalue weighted by atomic mass is 9.86. The monoisotopic (exact) mass is 511 g/mol. The molecule has 0 N–H and O–H groups in total. The third-order valence-corrected chi connectivity index (χ3v) is 8.56. The van der Waals surface area contributed by atoms with Gasteiger partial charge >= 0.3 is 5.97 Å². The fourth-order valence-corrected chi connectivity index (χ4v) is 6.26. The van der Waals surface area contributed by atoms with Crippen LogP contribution in [0.15, 0.2) is 35.7 Å². The van der Waals surface area contributed by atoms with Crippen molar-refractivity contribution in [3.63, 3.8) is 0 Å². The zero-order valence-electron chi connectivity index (χ0n) is 22.9. The minimum atomic E-state index is -0.0614. The van der Waals surface area contributed by atoms with Crippen molar-refractivity contribution in [3.8, 4) is 5.75 Å². The van der Waals surface area contributed by atoms with Gasteiger partial charge in [-0.1, -0.05) is 89.8 Å². The van der Waals surface area contributed by atoms with Crippen molar-refractivity contribution >= 4 is 17.3 Å². The lowest BCUT2D eigenvalue weighted by Gasteiger charge is -2.35. The molecule has 0 aliphatic heterocycles. The molecule has 1 aliphatic carbocycles. The minimum Gasteiger partial charge on any atom is -0.426 e. The van der Waals surface area contributed by atoms with Crippen LogP contribution in [0, 0.1) is 0 Å². The van der Waals surface area contributed by atoms with Crippen LogP contribution in [0.4, 0.5) is 0 Å². The molecule has 1 aliphatic rings. The van der Waals surface area contributed by atoms with Gasteiger partial charge in [-0.2, -0.15) is 0 Å². The number of hydrogen-bond acceptors (Lipinski definition) is 4. The molecule has 0 saturated carbocycles. The highest BCUT2D eigenvalue weighted by molar-refractivity contribution is 7.09. The highest BCUT2D eigenvalue weighted by Gasteiger charge is 2.26. The van der Waals surface area contributed by atoms with Gasteiger partial charge in [-0.3, -0.25) is 9.69 Å². The number of thiophene rings is 1. The average Bonchev–Trinajstić information content (AvgIpc) is 3.41. The summed E-state index contributed by atoms with van der Waals surface area (Å²) in [6.45, 7) is 6.82. The van der Waals surface area contributed by atoms with Crippen LogP contribution in [-0.4, -0.2) is 30.0 Å². The van der Waals surface area contributed by atoms with E-state index in [9.17, 15) is 4.79 Å². The Labute approximate surface area is 224 Å². The first-order chi connectivity index (χ1) is 17.7. The van der Waals surface area contributed by atoms with E-state index in [4.69, 9.17) is 4.74 Å². The number of ether oxygens (including phenoxy) is 1. The van der Waals surface area contributed by atoms with Gasteiger partial charge in [-0.05, 0) is 73.7 Å². The van der Waals surface area contributed by atoms with E-state index in [1.54, 1.807) is 0 Å². The lowest BCUT2D eigenvalue weighted by molar-refractivity contribution is -0.134. The smallest absolute Gasteiger partial charge is 0.311 e. The molecule has 3 nitrogen and oxygen atoms in total. The van der Waals surface area contributed by atoms with Gasteiger partial charge in [-0.15, -0.1) is 11.3 Å². The van der Waals surface area contributed by atoms with Gasteiger partial charge in [0.05, 0.1) is 0 Å². The summed E-state index contributed by atoms with van der Waals surface area (Å²) >= 11 is 1.86. The highest BCUT2D eigenvalue weighted by Crippen LogP contribution is 2.32. The van der Waals surface area contributed by atoms with Crippen molar-refractivity contribution in [2.75, 3.05) is 13.1 Å². The standard InChI is InChI=1S/C32H49NO2S/c1-3-5-6-7-8-9-10-11-12-13-19-32(34)35-31-18-14-16-27-26-28(20-21-30(27)31)33(23-4-2)24-22-29-17-15-25-36-29/h14-18,25,28H,3-13,19-24,26H2,1-2H3. The second kappa shape index (κ2) is 17.0. The summed E-state index contributed by atoms with van der Waals surface area (Å²) in [5.74, 6) is 0.748. The molecular weight excluding hydrogens is 462 g/mol. The van der Waals surface area contributed by atoms with Crippen LogP contribution >= 0.6 is 11.3 Å². The van der Waals surface area contributed by atoms with Crippen LogP contribution in [-0.2, 0) is 24.1 Å². The van der Waals surface area contributed by atoms with Crippen molar-refractivity contribution in [2.24, 2.45) is 0 Å². The molecule has 200 valence electrons. The Kier molecular flexibility index (Phi) is 13.6. The number of benzene rings is 1. The summed E-state index contributed by atoms with van der Waals surface area (Å²) in [7, 11) is 0. The van der Waals surface area contributed by atoms with Crippen LogP contribution in [0.25, 0.3) is 0 Å². The minimum absolute atomic E-state index is 0.0614. The normalized spacial score (nSPS) is 15.2. The second-order valence-electron chi connectivity index (χ2n) is 10.6. The number of hydrogen-bond donors (Lipinski definition) is 0. The second-order valence-corrected chi connectivity index (χ2v) is 11.6. The first-order valence-electron chi connectivity index (χ1n) is 14.8. The van der Waals surface area contributed by atoms with Crippen LogP contribution in [0.5, 0.6) is 5.75 Å². The third kappa shape index (κ3) is 10.0. The van der Waals surface area contributed by atoms with Gasteiger partial charge in [0.25, 0.3) is 0 Å². The van der Waals surface area contributed by atoms with Crippen LogP contribution in [0.2, 0.25) is 0 Å². The Morgan fingerprint density at radius 2 is 1.67 bits per heavy atom. The molecule has 0 bridgehead atoms. The van der Waals surface area contributed by atoms with Gasteiger partial charge in [-0.25, -0.2) is 0 Å². The Balaban J connectivity index is 1.40. The number of unbranched alkanes of at least 4 members (excludes halogenated alkanes) is 9. The van der Waals surface area contributed by atoms with Gasteiger partial charge < -0.3 is 4.74 Å². The molecule has 0 amide bonds. The van der Waals surface area contributed by atoms with Crippen LogP contribution in [0.3, 0.4) is 0 Å². The Hall–Kier alpha value is -1.65. The van der Waals surface area contributed by atoms with E-state index < -0.39 is 0 Å². The number of carbonyl (C=O) groups is 1. The molecule has 36 heavy (non-hydrogen) atoms. The number of esters is 1. The van der Waals surface area contributed by atoms with E-state index in [0.29, 0.717) is 12.5 Å². The van der Waals surface area contributed by atoms with Crippen molar-refractivity contribution in [1.29, 1.82) is 0 Å². The van der Waals surface area contributed by atoms with E-state index in [1.807, 2.05) is 17.4 Å². The fourth-order valence-electron chi connectivity index (χ4n) is 5.56. The van der Waals surface area contributed by atoms with E-state index in [-0.39, 0.29) is 5.97 Å². The molecule has 1 unspecified atom stereocenters. The molecule has 0 spiro atoms. The predicted molar refractivity (Wildman–Crippen MR) is 154 cm³/mol. The number of fused-ring (bicyclic) bond motifs is 1. The molecule has 2 aromatic rings. The highest BCUT2D eigenvalue weighted by atomic mass is 32.1. The third-order valence-electron chi connectivity index (χ3n) is 7.62. The van der Waals surface area contributed by atoms with E-state index in [0.717, 1.165) is 57.4 Å². The molecule has 0 fully saturated rings. The summed E-state index contributed by atoms with van der Waals surface area (Å²) in [6.07, 6.45) is 18.9. The Bertz CT molecular complexity index is 863. The number of nitrogens with zero attached hydrogens (tertiary/aromatic N) is 1. The summed E-state index contributed by atoms with van der Waals surface area (Å²) in [5, 5.41) is 2.18. The van der Waals surface area contributed by atoms with E-state index >= 15 is 0 Å². The molecule has 3 rings (SSSR count). The molecule has 1 aromatic heterocycles. The van der Waals surface area contributed by atoms with E-state index in [2.05, 4.69) is 48.4 Å². The predicted octanol–water partition coefficient (Wildman–Crippen LogP) is 8.78. The number of rotatable bonds is 18. The molecule has 4 heteroatoms. The maximum atomic E-state index is 12.6. The molecule has 1 atom stereocenters. The first-order valence-corrected chi connectivity index (χ1v) is 15.7. The Morgan fingerprint density at radius 1 is 0.917 bits per heavy atom. The SMILES string of the molecule is CCCCCCCCCCCCC(=O)Oc1cccc2c1CCC(N(CCC)CCc1cccs1)C2. The van der Waals surface area contributed by atoms with Crippen molar-refractivity contribution in [1.82, 2.24) is 4.90 Å². The summed E-state index contributed by atoms with van der Waals surface area (Å²) < 4.78 is 5.88. The summed E-state index contributed by atoms with van der Waals surface area (Å²) in [6, 6.07) is 11.3. The van der Waals surface area contributed by atoms with Gasteiger partial charge in [0.1, 0.15) is 5.75 Å². The van der Waals surface area contributed by atoms with Crippen LogP contribution in [0.1, 0.15) is 113 Å². The van der Waals surface area contributed by atoms with Crippen molar-refractivity contribution in [2.45, 2.75) is 123 Å². The van der Waals surface area contributed by atoms with E-state index in [1.165, 1.54) is 73.8 Å². The maximum absolute atomic E-state index is 12.6. The average molecular weight is 512 g/mol. The molecule has 0 radical (unpaired) electrons. The zero-order valence-corrected chi connectivity index (χ0v) is 23.8. The van der Waals surface area contributed by atoms with Gasteiger partial charge in [0, 0.05) is 23.9 Å². The van der Waals surface area contributed by atoms with Crippen molar-refractivity contribution < 1.29 is 9.53 Å². The zero-order chi connectivity index (χ0) is 25.4. The largest absolute Gasteiger partial charge is 0.426 e. The van der Waals surface area contributed by atoms with Gasteiger partial charge in [0.15, 0.2) is 0 Å². The molecule has 0 saturated heterocycles. The molecular formula is C32H49NO2S. The van der Waals surface area contributed by atoms with Crippen LogP contribution < -0.4 is 4.74 Å². The first kappa shape index (κ1) is 28.9. The molecule has 1 heterocycles. The number of carbonyl (C=O) groups excluding carboxylic acids is 1. The van der Waals surface area contributed by atoms with Crippen molar-refractivity contribution in [3.05, 3.63) is 51.7 Å². The van der Waals surface area contributed by atoms with Gasteiger partial charge in [0.2, 0.25) is 0 Å². The lowest BCUT2D eigenvalue weighted by Crippen LogP contribution is -2.41. The fraction of sp³-hybridized carbons (Fsp3) is 0.656. The Morgan fingerprint density at radius 3 is 2.36 bits per heavy atom. The summed E-state index contributed by atoms with van der Waals surface area (Å²) in [4.78, 5) is 16.7.